The van der Waals surface area contributed by atoms with E-state index in [2.05, 4.69) is 4.74 Å². The van der Waals surface area contributed by atoms with Crippen molar-refractivity contribution in [2.24, 2.45) is 0 Å². The molecule has 0 spiro atoms. The summed E-state index contributed by atoms with van der Waals surface area (Å²) in [4.78, 5) is 39.8. The maximum Gasteiger partial charge on any atom is 0.314 e. The Kier molecular flexibility index (Phi) is 7.32. The molecule has 17 heavy (non-hydrogen) atoms. The number of ether oxygens (including phenoxy) is 1. The summed E-state index contributed by atoms with van der Waals surface area (Å²) in [6, 6.07) is 0. The molecule has 7 nitrogen and oxygen atoms in total. The van der Waals surface area contributed by atoms with E-state index in [4.69, 9.17) is 10.2 Å². The van der Waals surface area contributed by atoms with Crippen molar-refractivity contribution in [2.75, 3.05) is 0 Å². The van der Waals surface area contributed by atoms with Crippen molar-refractivity contribution in [1.29, 1.82) is 0 Å². The summed E-state index contributed by atoms with van der Waals surface area (Å²) in [6.45, 7) is 0. The van der Waals surface area contributed by atoms with Gasteiger partial charge in [-0.15, -0.1) is 0 Å². The largest absolute Gasteiger partial charge is 0.481 e. The highest BCUT2D eigenvalue weighted by Gasteiger charge is 2.19. The molecule has 0 saturated carbocycles. The Bertz CT molecular complexity index is 278. The number of carbonyl (C=O) groups is 4. The van der Waals surface area contributed by atoms with E-state index < -0.39 is 23.9 Å². The molecule has 96 valence electrons. The molecule has 1 heterocycles. The number of cyclic esters (lactones) is 2. The molecule has 0 aromatic carbocycles. The van der Waals surface area contributed by atoms with Crippen LogP contribution in [-0.2, 0) is 23.9 Å². The minimum Gasteiger partial charge on any atom is -0.481 e. The lowest BCUT2D eigenvalue weighted by Crippen LogP contribution is -1.97. The Morgan fingerprint density at radius 2 is 1.29 bits per heavy atom. The fraction of sp³-hybridized carbons (Fsp3) is 0.600. The van der Waals surface area contributed by atoms with Crippen LogP contribution < -0.4 is 0 Å². The third-order valence-electron chi connectivity index (χ3n) is 1.79. The number of rotatable bonds is 5. The molecule has 0 amide bonds. The van der Waals surface area contributed by atoms with E-state index in [0.717, 1.165) is 0 Å². The summed E-state index contributed by atoms with van der Waals surface area (Å²) < 4.78 is 4.08. The summed E-state index contributed by atoms with van der Waals surface area (Å²) in [7, 11) is 0. The van der Waals surface area contributed by atoms with Crippen molar-refractivity contribution in [3.8, 4) is 0 Å². The highest BCUT2D eigenvalue weighted by molar-refractivity contribution is 5.92. The lowest BCUT2D eigenvalue weighted by Gasteiger charge is -1.92. The van der Waals surface area contributed by atoms with Gasteiger partial charge in [0, 0.05) is 12.8 Å². The van der Waals surface area contributed by atoms with E-state index in [1.807, 2.05) is 0 Å². The molecule has 1 saturated heterocycles. The van der Waals surface area contributed by atoms with Crippen LogP contribution in [0.5, 0.6) is 0 Å². The van der Waals surface area contributed by atoms with E-state index in [-0.39, 0.29) is 25.7 Å². The van der Waals surface area contributed by atoms with Gasteiger partial charge in [-0.2, -0.15) is 0 Å². The lowest BCUT2D eigenvalue weighted by atomic mass is 10.2. The van der Waals surface area contributed by atoms with E-state index >= 15 is 0 Å². The van der Waals surface area contributed by atoms with Crippen LogP contribution in [0.1, 0.15) is 38.5 Å². The van der Waals surface area contributed by atoms with Gasteiger partial charge in [-0.1, -0.05) is 0 Å². The van der Waals surface area contributed by atoms with Crippen molar-refractivity contribution in [3.63, 3.8) is 0 Å². The molecule has 0 unspecified atom stereocenters. The van der Waals surface area contributed by atoms with Crippen LogP contribution in [0.15, 0.2) is 0 Å². The Morgan fingerprint density at radius 1 is 0.941 bits per heavy atom. The first kappa shape index (κ1) is 15.1. The number of carbonyl (C=O) groups excluding carboxylic acids is 2. The van der Waals surface area contributed by atoms with Gasteiger partial charge < -0.3 is 14.9 Å². The van der Waals surface area contributed by atoms with Crippen LogP contribution in [0.4, 0.5) is 0 Å². The van der Waals surface area contributed by atoms with Gasteiger partial charge in [0.15, 0.2) is 0 Å². The van der Waals surface area contributed by atoms with Crippen molar-refractivity contribution in [2.45, 2.75) is 38.5 Å². The van der Waals surface area contributed by atoms with Crippen molar-refractivity contribution >= 4 is 23.9 Å². The Hall–Kier alpha value is -1.92. The van der Waals surface area contributed by atoms with Gasteiger partial charge in [0.25, 0.3) is 0 Å². The molecule has 0 atom stereocenters. The van der Waals surface area contributed by atoms with Crippen molar-refractivity contribution in [1.82, 2.24) is 0 Å². The molecule has 0 aliphatic carbocycles. The average molecular weight is 246 g/mol. The maximum absolute atomic E-state index is 10.0. The number of hydrogen-bond donors (Lipinski definition) is 2. The second-order valence-corrected chi connectivity index (χ2v) is 3.34. The molecule has 2 N–H and O–H groups in total. The first-order valence-corrected chi connectivity index (χ1v) is 5.09. The topological polar surface area (TPSA) is 118 Å². The lowest BCUT2D eigenvalue weighted by molar-refractivity contribution is -0.152. The fourth-order valence-electron chi connectivity index (χ4n) is 0.986. The van der Waals surface area contributed by atoms with Gasteiger partial charge in [-0.05, 0) is 12.8 Å². The summed E-state index contributed by atoms with van der Waals surface area (Å²) in [6.07, 6.45) is 1.54. The molecule has 0 bridgehead atoms. The van der Waals surface area contributed by atoms with Crippen molar-refractivity contribution < 1.29 is 34.1 Å². The van der Waals surface area contributed by atoms with Crippen molar-refractivity contribution in [3.05, 3.63) is 0 Å². The van der Waals surface area contributed by atoms with Gasteiger partial charge in [0.1, 0.15) is 0 Å². The van der Waals surface area contributed by atoms with Crippen LogP contribution in [0, 0.1) is 0 Å². The second kappa shape index (κ2) is 8.26. The zero-order chi connectivity index (χ0) is 13.3. The molecular weight excluding hydrogens is 232 g/mol. The highest BCUT2D eigenvalue weighted by atomic mass is 16.6. The maximum atomic E-state index is 10.0. The van der Waals surface area contributed by atoms with Crippen LogP contribution in [0.2, 0.25) is 0 Å². The highest BCUT2D eigenvalue weighted by Crippen LogP contribution is 2.03. The second-order valence-electron chi connectivity index (χ2n) is 3.34. The molecule has 7 heteroatoms. The fourth-order valence-corrected chi connectivity index (χ4v) is 0.986. The Balaban J connectivity index is 0.000000318. The van der Waals surface area contributed by atoms with Gasteiger partial charge in [-0.25, -0.2) is 0 Å². The third-order valence-corrected chi connectivity index (χ3v) is 1.79. The minimum absolute atomic E-state index is 0.0628. The average Bonchev–Trinajstić information content (AvgIpc) is 2.58. The standard InChI is InChI=1S/C6H10O4.C4H4O3/c7-5(8)3-1-2-4-6(9)10;5-3-1-2-4(6)7-3/h1-4H2,(H,7,8)(H,9,10);1-2H2. The summed E-state index contributed by atoms with van der Waals surface area (Å²) >= 11 is 0. The molecule has 0 radical (unpaired) electrons. The number of aliphatic carboxylic acids is 2. The summed E-state index contributed by atoms with van der Waals surface area (Å²) in [5.74, 6) is -2.54. The monoisotopic (exact) mass is 246 g/mol. The van der Waals surface area contributed by atoms with Crippen LogP contribution >= 0.6 is 0 Å². The normalized spacial score (nSPS) is 13.6. The molecule has 1 rings (SSSR count). The first-order chi connectivity index (χ1) is 7.91. The Morgan fingerprint density at radius 3 is 1.47 bits per heavy atom. The molecule has 0 aromatic heterocycles. The SMILES string of the molecule is O=C(O)CCCCC(=O)O.O=C1CCC(=O)O1. The van der Waals surface area contributed by atoms with Gasteiger partial charge in [-0.3, -0.25) is 19.2 Å². The third kappa shape index (κ3) is 10.4. The van der Waals surface area contributed by atoms with Gasteiger partial charge >= 0.3 is 23.9 Å². The number of esters is 2. The smallest absolute Gasteiger partial charge is 0.314 e. The number of carboxylic acids is 2. The van der Waals surface area contributed by atoms with E-state index in [1.165, 1.54) is 0 Å². The summed E-state index contributed by atoms with van der Waals surface area (Å²) in [5, 5.41) is 16.3. The number of carboxylic acid groups (broad SMARTS) is 2. The van der Waals surface area contributed by atoms with E-state index in [9.17, 15) is 19.2 Å². The van der Waals surface area contributed by atoms with Gasteiger partial charge in [0.05, 0.1) is 12.8 Å². The molecular formula is C10H14O7. The summed E-state index contributed by atoms with van der Waals surface area (Å²) in [5.41, 5.74) is 0. The molecule has 1 fully saturated rings. The Labute approximate surface area is 97.4 Å². The van der Waals surface area contributed by atoms with Crippen LogP contribution in [-0.4, -0.2) is 34.1 Å². The van der Waals surface area contributed by atoms with Crippen LogP contribution in [0.25, 0.3) is 0 Å². The molecule has 1 aliphatic rings. The predicted octanol–water partition coefficient (Wildman–Crippen LogP) is 0.566. The van der Waals surface area contributed by atoms with Gasteiger partial charge in [0.2, 0.25) is 0 Å². The predicted molar refractivity (Wildman–Crippen MR) is 54.1 cm³/mol. The zero-order valence-electron chi connectivity index (χ0n) is 9.18. The van der Waals surface area contributed by atoms with Crippen LogP contribution in [0.3, 0.4) is 0 Å². The molecule has 1 aliphatic heterocycles. The zero-order valence-corrected chi connectivity index (χ0v) is 9.18. The minimum atomic E-state index is -0.870. The number of hydrogen-bond acceptors (Lipinski definition) is 5. The molecule has 0 aromatic rings. The first-order valence-electron chi connectivity index (χ1n) is 5.09. The van der Waals surface area contributed by atoms with E-state index in [0.29, 0.717) is 12.8 Å². The quantitative estimate of drug-likeness (QED) is 0.413. The van der Waals surface area contributed by atoms with E-state index in [1.54, 1.807) is 0 Å². The number of unbranched alkanes of at least 4 members (excludes halogenated alkanes) is 1.